The summed E-state index contributed by atoms with van der Waals surface area (Å²) < 4.78 is 1.47. The van der Waals surface area contributed by atoms with Gasteiger partial charge in [-0.1, -0.05) is 6.92 Å². The highest BCUT2D eigenvalue weighted by atomic mass is 16.6. The van der Waals surface area contributed by atoms with Gasteiger partial charge in [-0.05, 0) is 35.6 Å². The van der Waals surface area contributed by atoms with Gasteiger partial charge in [0, 0.05) is 12.6 Å². The SMILES string of the molecule is CC[C@@H]1CCCCN1C(=O)Cn1cnc([N+](=O)[O-])c1. The number of amides is 1. The molecule has 7 heteroatoms. The lowest BCUT2D eigenvalue weighted by atomic mass is 10.00. The van der Waals surface area contributed by atoms with Crippen molar-refractivity contribution in [1.82, 2.24) is 14.5 Å². The minimum absolute atomic E-state index is 0.0128. The molecule has 0 aliphatic carbocycles. The Morgan fingerprint density at radius 1 is 1.58 bits per heavy atom. The molecule has 1 saturated heterocycles. The van der Waals surface area contributed by atoms with Crippen molar-refractivity contribution in [1.29, 1.82) is 0 Å². The molecule has 104 valence electrons. The number of aromatic nitrogens is 2. The van der Waals surface area contributed by atoms with Gasteiger partial charge in [0.25, 0.3) is 0 Å². The summed E-state index contributed by atoms with van der Waals surface area (Å²) in [4.78, 5) is 27.7. The van der Waals surface area contributed by atoms with E-state index >= 15 is 0 Å². The van der Waals surface area contributed by atoms with Crippen LogP contribution in [0.25, 0.3) is 0 Å². The molecule has 0 unspecified atom stereocenters. The highest BCUT2D eigenvalue weighted by Crippen LogP contribution is 2.20. The molecule has 1 atom stereocenters. The first-order chi connectivity index (χ1) is 9.11. The van der Waals surface area contributed by atoms with Crippen molar-refractivity contribution in [2.24, 2.45) is 0 Å². The summed E-state index contributed by atoms with van der Waals surface area (Å²) in [5.74, 6) is -0.211. The van der Waals surface area contributed by atoms with Gasteiger partial charge in [-0.2, -0.15) is 0 Å². The quantitative estimate of drug-likeness (QED) is 0.612. The molecule has 2 heterocycles. The average molecular weight is 266 g/mol. The summed E-state index contributed by atoms with van der Waals surface area (Å²) in [5, 5.41) is 10.5. The number of piperidine rings is 1. The Balaban J connectivity index is 2.00. The molecule has 0 aromatic carbocycles. The standard InChI is InChI=1S/C12H18N4O3/c1-2-10-5-3-4-6-15(10)12(17)8-14-7-11(13-9-14)16(18)19/h7,9-10H,2-6,8H2,1H3/t10-/m1/s1. The van der Waals surface area contributed by atoms with Gasteiger partial charge in [-0.15, -0.1) is 0 Å². The van der Waals surface area contributed by atoms with Crippen molar-refractivity contribution in [2.45, 2.75) is 45.2 Å². The molecule has 1 aromatic heterocycles. The fourth-order valence-corrected chi connectivity index (χ4v) is 2.53. The highest BCUT2D eigenvalue weighted by Gasteiger charge is 2.25. The van der Waals surface area contributed by atoms with Crippen LogP contribution in [0.1, 0.15) is 32.6 Å². The van der Waals surface area contributed by atoms with Crippen LogP contribution in [0, 0.1) is 10.1 Å². The smallest absolute Gasteiger partial charge is 0.358 e. The second-order valence-corrected chi connectivity index (χ2v) is 4.81. The summed E-state index contributed by atoms with van der Waals surface area (Å²) in [5.41, 5.74) is 0. The maximum absolute atomic E-state index is 12.2. The predicted molar refractivity (Wildman–Crippen MR) is 68.5 cm³/mol. The molecule has 1 amide bonds. The molecule has 1 fully saturated rings. The first-order valence-electron chi connectivity index (χ1n) is 6.57. The minimum atomic E-state index is -0.559. The van der Waals surface area contributed by atoms with Gasteiger partial charge >= 0.3 is 5.82 Å². The number of likely N-dealkylation sites (tertiary alicyclic amines) is 1. The van der Waals surface area contributed by atoms with Crippen molar-refractivity contribution in [3.63, 3.8) is 0 Å². The summed E-state index contributed by atoms with van der Waals surface area (Å²) >= 11 is 0. The van der Waals surface area contributed by atoms with Crippen LogP contribution >= 0.6 is 0 Å². The first kappa shape index (κ1) is 13.5. The molecule has 0 spiro atoms. The van der Waals surface area contributed by atoms with E-state index in [2.05, 4.69) is 11.9 Å². The molecular formula is C12H18N4O3. The second-order valence-electron chi connectivity index (χ2n) is 4.81. The lowest BCUT2D eigenvalue weighted by Crippen LogP contribution is -2.44. The summed E-state index contributed by atoms with van der Waals surface area (Å²) in [7, 11) is 0. The molecule has 1 aliphatic heterocycles. The van der Waals surface area contributed by atoms with Crippen LogP contribution in [0.2, 0.25) is 0 Å². The van der Waals surface area contributed by atoms with Gasteiger partial charge in [0.15, 0.2) is 0 Å². The third kappa shape index (κ3) is 3.10. The van der Waals surface area contributed by atoms with E-state index in [-0.39, 0.29) is 18.3 Å². The zero-order valence-electron chi connectivity index (χ0n) is 11.0. The molecule has 7 nitrogen and oxygen atoms in total. The summed E-state index contributed by atoms with van der Waals surface area (Å²) in [6, 6.07) is 0.305. The van der Waals surface area contributed by atoms with Gasteiger partial charge in [0.1, 0.15) is 12.7 Å². The number of nitro groups is 1. The molecule has 0 N–H and O–H groups in total. The van der Waals surface area contributed by atoms with Crippen LogP contribution < -0.4 is 0 Å². The van der Waals surface area contributed by atoms with Crippen LogP contribution in [-0.4, -0.2) is 37.9 Å². The van der Waals surface area contributed by atoms with Gasteiger partial charge in [-0.3, -0.25) is 4.79 Å². The third-order valence-electron chi connectivity index (χ3n) is 3.54. The Labute approximate surface area is 111 Å². The van der Waals surface area contributed by atoms with Gasteiger partial charge < -0.3 is 19.6 Å². The van der Waals surface area contributed by atoms with Crippen LogP contribution in [0.5, 0.6) is 0 Å². The molecular weight excluding hydrogens is 248 g/mol. The van der Waals surface area contributed by atoms with E-state index in [1.54, 1.807) is 0 Å². The fourth-order valence-electron chi connectivity index (χ4n) is 2.53. The number of rotatable bonds is 4. The lowest BCUT2D eigenvalue weighted by Gasteiger charge is -2.35. The zero-order chi connectivity index (χ0) is 13.8. The molecule has 0 radical (unpaired) electrons. The monoisotopic (exact) mass is 266 g/mol. The van der Waals surface area contributed by atoms with Gasteiger partial charge in [0.05, 0.1) is 0 Å². The largest absolute Gasteiger partial charge is 0.381 e. The van der Waals surface area contributed by atoms with E-state index in [1.165, 1.54) is 23.5 Å². The lowest BCUT2D eigenvalue weighted by molar-refractivity contribution is -0.389. The third-order valence-corrected chi connectivity index (χ3v) is 3.54. The van der Waals surface area contributed by atoms with Crippen LogP contribution in [0.3, 0.4) is 0 Å². The number of imidazole rings is 1. The number of hydrogen-bond donors (Lipinski definition) is 0. The van der Waals surface area contributed by atoms with E-state index in [0.29, 0.717) is 6.04 Å². The van der Waals surface area contributed by atoms with Crippen LogP contribution in [0.15, 0.2) is 12.5 Å². The Morgan fingerprint density at radius 3 is 3.00 bits per heavy atom. The molecule has 0 saturated carbocycles. The molecule has 2 rings (SSSR count). The number of carbonyl (C=O) groups excluding carboxylic acids is 1. The van der Waals surface area contributed by atoms with Crippen molar-refractivity contribution in [3.8, 4) is 0 Å². The fraction of sp³-hybridized carbons (Fsp3) is 0.667. The Hall–Kier alpha value is -1.92. The summed E-state index contributed by atoms with van der Waals surface area (Å²) in [6.45, 7) is 2.99. The molecule has 19 heavy (non-hydrogen) atoms. The van der Waals surface area contributed by atoms with Gasteiger partial charge in [-0.25, -0.2) is 0 Å². The van der Waals surface area contributed by atoms with E-state index < -0.39 is 4.92 Å². The van der Waals surface area contributed by atoms with Crippen molar-refractivity contribution in [3.05, 3.63) is 22.6 Å². The normalized spacial score (nSPS) is 19.4. The number of carbonyl (C=O) groups is 1. The zero-order valence-corrected chi connectivity index (χ0v) is 11.0. The maximum Gasteiger partial charge on any atom is 0.381 e. The van der Waals surface area contributed by atoms with E-state index in [1.807, 2.05) is 4.90 Å². The van der Waals surface area contributed by atoms with Crippen molar-refractivity contribution in [2.75, 3.05) is 6.54 Å². The minimum Gasteiger partial charge on any atom is -0.358 e. The molecule has 0 bridgehead atoms. The number of nitrogens with zero attached hydrogens (tertiary/aromatic N) is 4. The second kappa shape index (κ2) is 5.81. The Morgan fingerprint density at radius 2 is 2.37 bits per heavy atom. The Bertz CT molecular complexity index is 471. The Kier molecular flexibility index (Phi) is 4.13. The van der Waals surface area contributed by atoms with Gasteiger partial charge in [0.2, 0.25) is 12.2 Å². The van der Waals surface area contributed by atoms with E-state index in [9.17, 15) is 14.9 Å². The summed E-state index contributed by atoms with van der Waals surface area (Å²) in [6.07, 6.45) is 6.83. The maximum atomic E-state index is 12.2. The number of hydrogen-bond acceptors (Lipinski definition) is 4. The highest BCUT2D eigenvalue weighted by molar-refractivity contribution is 5.76. The first-order valence-corrected chi connectivity index (χ1v) is 6.57. The molecule has 1 aliphatic rings. The predicted octanol–water partition coefficient (Wildman–Crippen LogP) is 1.58. The average Bonchev–Trinajstić information content (AvgIpc) is 2.87. The molecule has 1 aromatic rings. The van der Waals surface area contributed by atoms with Crippen molar-refractivity contribution < 1.29 is 9.72 Å². The van der Waals surface area contributed by atoms with Crippen molar-refractivity contribution >= 4 is 11.7 Å². The topological polar surface area (TPSA) is 81.3 Å². The van der Waals surface area contributed by atoms with Crippen LogP contribution in [0.4, 0.5) is 5.82 Å². The van der Waals surface area contributed by atoms with Crippen LogP contribution in [-0.2, 0) is 11.3 Å². The van der Waals surface area contributed by atoms with E-state index in [0.717, 1.165) is 25.8 Å². The van der Waals surface area contributed by atoms with E-state index in [4.69, 9.17) is 0 Å².